The van der Waals surface area contributed by atoms with Crippen LogP contribution < -0.4 is 0 Å². The van der Waals surface area contributed by atoms with Gasteiger partial charge in [0.25, 0.3) is 0 Å². The summed E-state index contributed by atoms with van der Waals surface area (Å²) in [5, 5.41) is 0. The molecule has 0 fully saturated rings. The van der Waals surface area contributed by atoms with Gasteiger partial charge in [0.05, 0.1) is 0 Å². The Morgan fingerprint density at radius 3 is 1.00 bits per heavy atom. The molecule has 0 aromatic heterocycles. The van der Waals surface area contributed by atoms with Gasteiger partial charge >= 0.3 is 73.6 Å². The van der Waals surface area contributed by atoms with Crippen molar-refractivity contribution >= 4 is 54.1 Å². The first-order valence-corrected chi connectivity index (χ1v) is 1.80. The molecule has 0 spiro atoms. The summed E-state index contributed by atoms with van der Waals surface area (Å²) in [6.45, 7) is 0. The summed E-state index contributed by atoms with van der Waals surface area (Å²) in [7, 11) is -2.62. The van der Waals surface area contributed by atoms with Crippen molar-refractivity contribution in [1.82, 2.24) is 0 Å². The van der Waals surface area contributed by atoms with E-state index in [0.29, 0.717) is 0 Å². The van der Waals surface area contributed by atoms with Gasteiger partial charge in [-0.1, -0.05) is 0 Å². The van der Waals surface area contributed by atoms with Crippen LogP contribution in [0.25, 0.3) is 0 Å². The zero-order valence-electron chi connectivity index (χ0n) is 3.20. The minimum atomic E-state index is -2.62. The van der Waals surface area contributed by atoms with Crippen molar-refractivity contribution in [3.05, 3.63) is 0 Å². The molecule has 0 aromatic carbocycles. The van der Waals surface area contributed by atoms with Gasteiger partial charge in [0, 0.05) is 0 Å². The Labute approximate surface area is 86.8 Å². The van der Waals surface area contributed by atoms with Crippen molar-refractivity contribution < 1.29 is 34.2 Å². The molecule has 0 heterocycles. The summed E-state index contributed by atoms with van der Waals surface area (Å²) in [6, 6.07) is 0. The topological polar surface area (TPSA) is 60.7 Å². The van der Waals surface area contributed by atoms with Crippen LogP contribution in [0.3, 0.4) is 0 Å². The van der Waals surface area contributed by atoms with Gasteiger partial charge in [-0.3, -0.25) is 0 Å². The maximum Gasteiger partial charge on any atom is 2.00 e. The molecule has 0 aliphatic carbocycles. The van der Waals surface area contributed by atoms with E-state index in [2.05, 4.69) is 0 Å². The third-order valence-electron chi connectivity index (χ3n) is 0. The second-order valence-corrected chi connectivity index (χ2v) is 0.805. The predicted octanol–water partition coefficient (Wildman–Crippen LogP) is -1.19. The molecular weight excluding hydrogens is 232 g/mol. The summed E-state index contributed by atoms with van der Waals surface area (Å²) in [6.07, 6.45) is 0. The fraction of sp³-hybridized carbons (Fsp3) is 0. The maximum absolute atomic E-state index is 7.23. The Kier molecular flexibility index (Phi) is 27.4. The molecule has 3 N–H and O–H groups in total. The average molecular weight is 235 g/mol. The van der Waals surface area contributed by atoms with Gasteiger partial charge in [0.15, 0.2) is 0 Å². The van der Waals surface area contributed by atoms with Crippen LogP contribution >= 0.6 is 8.60 Å². The number of hydrogen-bond acceptors (Lipinski definition) is 3. The summed E-state index contributed by atoms with van der Waals surface area (Å²) in [4.78, 5) is 21.7. The van der Waals surface area contributed by atoms with Crippen LogP contribution in [0.15, 0.2) is 0 Å². The van der Waals surface area contributed by atoms with Crippen molar-refractivity contribution in [2.45, 2.75) is 0 Å². The minimum Gasteiger partial charge on any atom is -0.328 e. The molecule has 0 saturated heterocycles. The Morgan fingerprint density at radius 1 is 1.00 bits per heavy atom. The van der Waals surface area contributed by atoms with Crippen LogP contribution in [-0.2, 0) is 19.5 Å². The van der Waals surface area contributed by atoms with Gasteiger partial charge < -0.3 is 14.7 Å². The molecule has 6 heteroatoms. The minimum absolute atomic E-state index is 0. The van der Waals surface area contributed by atoms with Gasteiger partial charge in [-0.05, 0) is 0 Å². The first-order valence-electron chi connectivity index (χ1n) is 0.600. The molecule has 0 atom stereocenters. The third kappa shape index (κ3) is 32.3. The molecule has 0 rings (SSSR count). The summed E-state index contributed by atoms with van der Waals surface area (Å²) in [5.74, 6) is 0. The molecule has 0 aromatic rings. The van der Waals surface area contributed by atoms with Gasteiger partial charge in [0.2, 0.25) is 0 Å². The standard InChI is InChI=1S/H3O3P.Sr.Zn/c1-4(2)3;;/h1-3H;;/q;2*+2. The molecule has 26 valence electrons. The Balaban J connectivity index is -0.0000000450. The first kappa shape index (κ1) is 15.8. The molecule has 0 aliphatic rings. The molecule has 0 saturated carbocycles. The Morgan fingerprint density at radius 2 is 1.00 bits per heavy atom. The largest absolute Gasteiger partial charge is 2.00 e. The molecule has 0 amide bonds. The van der Waals surface area contributed by atoms with E-state index >= 15 is 0 Å². The molecule has 6 heavy (non-hydrogen) atoms. The third-order valence-corrected chi connectivity index (χ3v) is 0. The second-order valence-electron chi connectivity index (χ2n) is 0.268. The fourth-order valence-electron chi connectivity index (χ4n) is 0. The van der Waals surface area contributed by atoms with Crippen LogP contribution in [0.2, 0.25) is 0 Å². The van der Waals surface area contributed by atoms with E-state index in [4.69, 9.17) is 14.7 Å². The van der Waals surface area contributed by atoms with Crippen molar-refractivity contribution in [2.75, 3.05) is 0 Å². The van der Waals surface area contributed by atoms with Crippen LogP contribution in [0.5, 0.6) is 0 Å². The van der Waals surface area contributed by atoms with Crippen LogP contribution in [0.1, 0.15) is 0 Å². The van der Waals surface area contributed by atoms with Gasteiger partial charge in [-0.2, -0.15) is 0 Å². The van der Waals surface area contributed by atoms with E-state index in [1.54, 1.807) is 0 Å². The SMILES string of the molecule is OP(O)O.[Sr+2].[Zn+2]. The van der Waals surface area contributed by atoms with Crippen LogP contribution in [0, 0.1) is 0 Å². The van der Waals surface area contributed by atoms with E-state index in [9.17, 15) is 0 Å². The Hall–Kier alpha value is 2.41. The smallest absolute Gasteiger partial charge is 0.328 e. The summed E-state index contributed by atoms with van der Waals surface area (Å²) >= 11 is 0. The molecule has 3 nitrogen and oxygen atoms in total. The molecular formula is H3O3PSrZn+4. The number of hydrogen-bond donors (Lipinski definition) is 3. The average Bonchev–Trinajstić information content (AvgIpc) is 0.811. The molecule has 0 bridgehead atoms. The van der Waals surface area contributed by atoms with Crippen molar-refractivity contribution in [1.29, 1.82) is 0 Å². The van der Waals surface area contributed by atoms with E-state index in [0.717, 1.165) is 0 Å². The molecule has 0 unspecified atom stereocenters. The van der Waals surface area contributed by atoms with Crippen molar-refractivity contribution in [2.24, 2.45) is 0 Å². The van der Waals surface area contributed by atoms with E-state index < -0.39 is 8.60 Å². The first-order chi connectivity index (χ1) is 1.73. The Bertz CT molecular complexity index is 15.5. The number of rotatable bonds is 0. The molecule has 0 aliphatic heterocycles. The van der Waals surface area contributed by atoms with Gasteiger partial charge in [-0.25, -0.2) is 0 Å². The quantitative estimate of drug-likeness (QED) is 0.365. The maximum atomic E-state index is 7.23. The van der Waals surface area contributed by atoms with E-state index in [1.807, 2.05) is 0 Å². The monoisotopic (exact) mass is 234 g/mol. The zero-order valence-corrected chi connectivity index (χ0v) is 10.5. The van der Waals surface area contributed by atoms with Gasteiger partial charge in [0.1, 0.15) is 0 Å². The second kappa shape index (κ2) is 10.4. The zero-order chi connectivity index (χ0) is 3.58. The normalized spacial score (nSPS) is 6.00. The van der Waals surface area contributed by atoms with Crippen LogP contribution in [-0.4, -0.2) is 60.2 Å². The summed E-state index contributed by atoms with van der Waals surface area (Å²) < 4.78 is 0. The van der Waals surface area contributed by atoms with E-state index in [1.165, 1.54) is 0 Å². The fourth-order valence-corrected chi connectivity index (χ4v) is 0. The predicted molar refractivity (Wildman–Crippen MR) is 19.3 cm³/mol. The van der Waals surface area contributed by atoms with Crippen LogP contribution in [0.4, 0.5) is 0 Å². The van der Waals surface area contributed by atoms with Gasteiger partial charge in [-0.15, -0.1) is 0 Å². The van der Waals surface area contributed by atoms with E-state index in [-0.39, 0.29) is 65.0 Å². The molecule has 0 radical (unpaired) electrons. The summed E-state index contributed by atoms with van der Waals surface area (Å²) in [5.41, 5.74) is 0. The van der Waals surface area contributed by atoms with Crippen molar-refractivity contribution in [3.8, 4) is 0 Å². The van der Waals surface area contributed by atoms with Crippen molar-refractivity contribution in [3.63, 3.8) is 0 Å².